The van der Waals surface area contributed by atoms with Crippen LogP contribution in [-0.4, -0.2) is 21.2 Å². The molecule has 1 amide bonds. The Morgan fingerprint density at radius 3 is 2.35 bits per heavy atom. The van der Waals surface area contributed by atoms with Gasteiger partial charge in [0.1, 0.15) is 13.1 Å². The average Bonchev–Trinajstić information content (AvgIpc) is 2.53. The number of benzene rings is 1. The van der Waals surface area contributed by atoms with E-state index in [-0.39, 0.29) is 10.5 Å². The van der Waals surface area contributed by atoms with Crippen molar-refractivity contribution in [1.29, 1.82) is 0 Å². The molecule has 0 aliphatic carbocycles. The van der Waals surface area contributed by atoms with Gasteiger partial charge in [0.2, 0.25) is 5.91 Å². The minimum absolute atomic E-state index is 0.260. The molecule has 1 N–H and O–H groups in total. The molecule has 2 rings (SSSR count). The molecule has 0 atom stereocenters. The highest BCUT2D eigenvalue weighted by Gasteiger charge is 2.28. The molecule has 0 fully saturated rings. The maximum absolute atomic E-state index is 12.4. The van der Waals surface area contributed by atoms with Crippen molar-refractivity contribution >= 4 is 11.6 Å². The smallest absolute Gasteiger partial charge is 0.325 e. The zero-order valence-electron chi connectivity index (χ0n) is 14.2. The Morgan fingerprint density at radius 2 is 1.73 bits per heavy atom. The van der Waals surface area contributed by atoms with E-state index in [2.05, 4.69) is 5.32 Å². The number of rotatable bonds is 5. The molecular formula is C17H18F3N3O3. The van der Waals surface area contributed by atoms with Crippen LogP contribution in [0.5, 0.6) is 0 Å². The van der Waals surface area contributed by atoms with Gasteiger partial charge >= 0.3 is 17.3 Å². The van der Waals surface area contributed by atoms with Crippen molar-refractivity contribution < 1.29 is 18.0 Å². The minimum atomic E-state index is -4.62. The van der Waals surface area contributed by atoms with Crippen molar-refractivity contribution in [2.75, 3.05) is 5.32 Å². The van der Waals surface area contributed by atoms with Gasteiger partial charge in [-0.15, -0.1) is 0 Å². The second-order valence-corrected chi connectivity index (χ2v) is 6.11. The highest BCUT2D eigenvalue weighted by Crippen LogP contribution is 2.18. The lowest BCUT2D eigenvalue weighted by Gasteiger charge is -2.12. The summed E-state index contributed by atoms with van der Waals surface area (Å²) < 4.78 is 38.1. The Kier molecular flexibility index (Phi) is 5.69. The number of amides is 1. The molecule has 0 spiro atoms. The summed E-state index contributed by atoms with van der Waals surface area (Å²) in [5, 5.41) is 2.60. The molecule has 0 saturated carbocycles. The van der Waals surface area contributed by atoms with E-state index >= 15 is 0 Å². The molecule has 6 nitrogen and oxygen atoms in total. The van der Waals surface area contributed by atoms with Crippen LogP contribution >= 0.6 is 0 Å². The van der Waals surface area contributed by atoms with Gasteiger partial charge < -0.3 is 9.88 Å². The van der Waals surface area contributed by atoms with Crippen LogP contribution in [0.2, 0.25) is 0 Å². The van der Waals surface area contributed by atoms with Crippen LogP contribution in [0.4, 0.5) is 18.9 Å². The topological polar surface area (TPSA) is 73.1 Å². The van der Waals surface area contributed by atoms with Crippen molar-refractivity contribution in [2.24, 2.45) is 0 Å². The van der Waals surface area contributed by atoms with Crippen LogP contribution in [-0.2, 0) is 17.9 Å². The molecular weight excluding hydrogens is 351 g/mol. The second-order valence-electron chi connectivity index (χ2n) is 6.11. The predicted octanol–water partition coefficient (Wildman–Crippen LogP) is 2.33. The van der Waals surface area contributed by atoms with E-state index < -0.39 is 36.3 Å². The lowest BCUT2D eigenvalue weighted by Crippen LogP contribution is -2.43. The van der Waals surface area contributed by atoms with Gasteiger partial charge in [-0.05, 0) is 23.6 Å². The maximum Gasteiger partial charge on any atom is 0.406 e. The number of anilines is 1. The molecule has 1 aromatic heterocycles. The summed E-state index contributed by atoms with van der Waals surface area (Å²) in [6.45, 7) is 1.95. The van der Waals surface area contributed by atoms with E-state index in [1.54, 1.807) is 18.2 Å². The van der Waals surface area contributed by atoms with Crippen molar-refractivity contribution in [3.63, 3.8) is 0 Å². The van der Waals surface area contributed by atoms with Crippen LogP contribution in [0.15, 0.2) is 46.2 Å². The highest BCUT2D eigenvalue weighted by atomic mass is 19.4. The monoisotopic (exact) mass is 369 g/mol. The first kappa shape index (κ1) is 19.5. The Hall–Kier alpha value is -2.84. The Labute approximate surface area is 146 Å². The molecule has 2 aromatic rings. The summed E-state index contributed by atoms with van der Waals surface area (Å²) in [6, 6.07) is 7.14. The van der Waals surface area contributed by atoms with Gasteiger partial charge in [0.25, 0.3) is 0 Å². The molecule has 0 radical (unpaired) electrons. The number of carbonyl (C=O) groups is 1. The standard InChI is InChI=1S/C17H18F3N3O3/c1-11(2)12-4-3-5-13(8-12)21-14(24)9-22-6-7-23(10-17(18,19)20)16(26)15(22)25/h3-8,11H,9-10H2,1-2H3,(H,21,24). The van der Waals surface area contributed by atoms with Crippen LogP contribution < -0.4 is 16.4 Å². The van der Waals surface area contributed by atoms with Gasteiger partial charge in [-0.2, -0.15) is 13.2 Å². The first-order chi connectivity index (χ1) is 12.1. The molecule has 1 aromatic carbocycles. The summed E-state index contributed by atoms with van der Waals surface area (Å²) in [7, 11) is 0. The summed E-state index contributed by atoms with van der Waals surface area (Å²) in [6.07, 6.45) is -2.80. The molecule has 0 bridgehead atoms. The molecule has 1 heterocycles. The largest absolute Gasteiger partial charge is 0.406 e. The SMILES string of the molecule is CC(C)c1cccc(NC(=O)Cn2ccn(CC(F)(F)F)c(=O)c2=O)c1. The van der Waals surface area contributed by atoms with Crippen LogP contribution in [0.3, 0.4) is 0 Å². The highest BCUT2D eigenvalue weighted by molar-refractivity contribution is 5.90. The third-order valence-electron chi connectivity index (χ3n) is 3.63. The van der Waals surface area contributed by atoms with Gasteiger partial charge in [0.05, 0.1) is 0 Å². The molecule has 0 saturated heterocycles. The van der Waals surface area contributed by atoms with Crippen molar-refractivity contribution in [3.8, 4) is 0 Å². The van der Waals surface area contributed by atoms with Gasteiger partial charge in [-0.3, -0.25) is 19.0 Å². The summed E-state index contributed by atoms with van der Waals surface area (Å²) >= 11 is 0. The number of nitrogens with zero attached hydrogens (tertiary/aromatic N) is 2. The number of hydrogen-bond donors (Lipinski definition) is 1. The summed E-state index contributed by atoms with van der Waals surface area (Å²) in [5.41, 5.74) is -0.989. The fourth-order valence-electron chi connectivity index (χ4n) is 2.31. The quantitative estimate of drug-likeness (QED) is 0.823. The van der Waals surface area contributed by atoms with E-state index in [0.29, 0.717) is 5.69 Å². The normalized spacial score (nSPS) is 11.6. The van der Waals surface area contributed by atoms with E-state index in [1.807, 2.05) is 19.9 Å². The third-order valence-corrected chi connectivity index (χ3v) is 3.63. The summed E-state index contributed by atoms with van der Waals surface area (Å²) in [4.78, 5) is 35.7. The Bertz CT molecular complexity index is 914. The zero-order valence-corrected chi connectivity index (χ0v) is 14.2. The molecule has 0 aliphatic heterocycles. The number of carbonyl (C=O) groups excluding carboxylic acids is 1. The third kappa shape index (κ3) is 5.08. The molecule has 26 heavy (non-hydrogen) atoms. The second kappa shape index (κ2) is 7.59. The fourth-order valence-corrected chi connectivity index (χ4v) is 2.31. The van der Waals surface area contributed by atoms with E-state index in [0.717, 1.165) is 22.5 Å². The first-order valence-corrected chi connectivity index (χ1v) is 7.83. The number of nitrogens with one attached hydrogen (secondary N) is 1. The van der Waals surface area contributed by atoms with Crippen molar-refractivity contribution in [1.82, 2.24) is 9.13 Å². The molecule has 0 aliphatic rings. The van der Waals surface area contributed by atoms with Gasteiger partial charge in [0.15, 0.2) is 0 Å². The Morgan fingerprint density at radius 1 is 1.12 bits per heavy atom. The lowest BCUT2D eigenvalue weighted by molar-refractivity contribution is -0.141. The predicted molar refractivity (Wildman–Crippen MR) is 90.2 cm³/mol. The van der Waals surface area contributed by atoms with Crippen LogP contribution in [0.25, 0.3) is 0 Å². The lowest BCUT2D eigenvalue weighted by atomic mass is 10.0. The number of halogens is 3. The first-order valence-electron chi connectivity index (χ1n) is 7.83. The molecule has 140 valence electrons. The maximum atomic E-state index is 12.4. The zero-order chi connectivity index (χ0) is 19.5. The van der Waals surface area contributed by atoms with Crippen LogP contribution in [0.1, 0.15) is 25.3 Å². The molecule has 0 unspecified atom stereocenters. The van der Waals surface area contributed by atoms with Crippen molar-refractivity contribution in [3.05, 3.63) is 62.9 Å². The fraction of sp³-hybridized carbons (Fsp3) is 0.353. The van der Waals surface area contributed by atoms with E-state index in [4.69, 9.17) is 0 Å². The molecule has 9 heteroatoms. The average molecular weight is 369 g/mol. The van der Waals surface area contributed by atoms with Gasteiger partial charge in [-0.1, -0.05) is 26.0 Å². The van der Waals surface area contributed by atoms with Gasteiger partial charge in [0, 0.05) is 18.1 Å². The summed E-state index contributed by atoms with van der Waals surface area (Å²) in [5.74, 6) is -0.309. The van der Waals surface area contributed by atoms with E-state index in [9.17, 15) is 27.6 Å². The number of aromatic nitrogens is 2. The number of alkyl halides is 3. The van der Waals surface area contributed by atoms with E-state index in [1.165, 1.54) is 0 Å². The van der Waals surface area contributed by atoms with Crippen LogP contribution in [0, 0.1) is 0 Å². The Balaban J connectivity index is 2.15. The van der Waals surface area contributed by atoms with Crippen molar-refractivity contribution in [2.45, 2.75) is 39.0 Å². The number of hydrogen-bond acceptors (Lipinski definition) is 3. The van der Waals surface area contributed by atoms with Gasteiger partial charge in [-0.25, -0.2) is 0 Å². The minimum Gasteiger partial charge on any atom is -0.325 e.